The van der Waals surface area contributed by atoms with Crippen LogP contribution in [-0.2, 0) is 6.54 Å². The maximum atomic E-state index is 13.7. The first-order valence-electron chi connectivity index (χ1n) is 12.5. The lowest BCUT2D eigenvalue weighted by molar-refractivity contribution is 0.0716. The van der Waals surface area contributed by atoms with E-state index in [1.54, 1.807) is 30.4 Å². The van der Waals surface area contributed by atoms with Gasteiger partial charge in [0.25, 0.3) is 5.91 Å². The van der Waals surface area contributed by atoms with Gasteiger partial charge in [-0.15, -0.1) is 0 Å². The molecule has 5 rings (SSSR count). The average Bonchev–Trinajstić information content (AvgIpc) is 3.59. The Morgan fingerprint density at radius 1 is 1.16 bits per heavy atom. The predicted molar refractivity (Wildman–Crippen MR) is 139 cm³/mol. The summed E-state index contributed by atoms with van der Waals surface area (Å²) >= 11 is 0. The van der Waals surface area contributed by atoms with Gasteiger partial charge in [0.2, 0.25) is 0 Å². The van der Waals surface area contributed by atoms with Crippen LogP contribution in [-0.4, -0.2) is 39.8 Å². The van der Waals surface area contributed by atoms with Gasteiger partial charge in [-0.2, -0.15) is 5.10 Å². The van der Waals surface area contributed by atoms with E-state index in [0.717, 1.165) is 29.5 Å². The number of amides is 1. The van der Waals surface area contributed by atoms with Crippen LogP contribution in [0.15, 0.2) is 53.1 Å². The number of rotatable bonds is 9. The normalized spacial score (nSPS) is 14.8. The third kappa shape index (κ3) is 4.43. The standard InChI is InChI=1S/C29H31N3O5/c1-5-6-11-37-22-10-9-19(15-23(22)35-4)28-25-26(24-18(3)13-17(2)14-21(24)33)30-31-27(25)29(34)32(28)16-20-8-7-12-36-20/h7-10,12-15,28,33H,5-6,11,16H2,1-4H3,(H,30,31). The molecule has 0 saturated heterocycles. The zero-order valence-electron chi connectivity index (χ0n) is 21.5. The molecule has 0 fully saturated rings. The van der Waals surface area contributed by atoms with Crippen LogP contribution in [0.25, 0.3) is 11.3 Å². The maximum Gasteiger partial charge on any atom is 0.273 e. The summed E-state index contributed by atoms with van der Waals surface area (Å²) in [6.07, 6.45) is 3.57. The van der Waals surface area contributed by atoms with E-state index >= 15 is 0 Å². The Morgan fingerprint density at radius 2 is 2.00 bits per heavy atom. The Labute approximate surface area is 215 Å². The fourth-order valence-corrected chi connectivity index (χ4v) is 5.02. The topological polar surface area (TPSA) is 101 Å². The monoisotopic (exact) mass is 501 g/mol. The second-order valence-electron chi connectivity index (χ2n) is 9.36. The van der Waals surface area contributed by atoms with Crippen molar-refractivity contribution in [3.8, 4) is 28.5 Å². The van der Waals surface area contributed by atoms with E-state index in [0.29, 0.717) is 46.4 Å². The quantitative estimate of drug-likeness (QED) is 0.276. The van der Waals surface area contributed by atoms with Gasteiger partial charge in [0.05, 0.1) is 32.6 Å². The van der Waals surface area contributed by atoms with Gasteiger partial charge >= 0.3 is 0 Å². The number of unbranched alkanes of at least 4 members (excludes halogenated alkanes) is 1. The Kier molecular flexibility index (Phi) is 6.65. The summed E-state index contributed by atoms with van der Waals surface area (Å²) in [4.78, 5) is 15.4. The van der Waals surface area contributed by atoms with Crippen molar-refractivity contribution in [3.63, 3.8) is 0 Å². The molecule has 2 aromatic carbocycles. The number of hydrogen-bond acceptors (Lipinski definition) is 6. The zero-order valence-corrected chi connectivity index (χ0v) is 21.5. The van der Waals surface area contributed by atoms with Crippen LogP contribution < -0.4 is 9.47 Å². The van der Waals surface area contributed by atoms with Crippen molar-refractivity contribution in [2.75, 3.05) is 13.7 Å². The lowest BCUT2D eigenvalue weighted by Gasteiger charge is -2.26. The smallest absolute Gasteiger partial charge is 0.273 e. The van der Waals surface area contributed by atoms with Crippen LogP contribution >= 0.6 is 0 Å². The van der Waals surface area contributed by atoms with Gasteiger partial charge in [-0.25, -0.2) is 0 Å². The number of nitrogens with one attached hydrogen (secondary N) is 1. The highest BCUT2D eigenvalue weighted by Crippen LogP contribution is 2.47. The molecule has 8 heteroatoms. The second kappa shape index (κ2) is 10.0. The van der Waals surface area contributed by atoms with E-state index in [9.17, 15) is 9.90 Å². The SMILES string of the molecule is CCCCOc1ccc(C2c3c(-c4c(C)cc(C)cc4O)n[nH]c3C(=O)N2Cc2ccco2)cc1OC. The van der Waals surface area contributed by atoms with E-state index in [1.165, 1.54) is 0 Å². The molecule has 0 radical (unpaired) electrons. The zero-order chi connectivity index (χ0) is 26.1. The summed E-state index contributed by atoms with van der Waals surface area (Å²) in [5.41, 5.74) is 4.92. The van der Waals surface area contributed by atoms with Crippen molar-refractivity contribution < 1.29 is 23.8 Å². The first-order chi connectivity index (χ1) is 17.9. The van der Waals surface area contributed by atoms with Gasteiger partial charge in [0.1, 0.15) is 22.9 Å². The summed E-state index contributed by atoms with van der Waals surface area (Å²) in [7, 11) is 1.61. The number of phenolic OH excluding ortho intramolecular Hbond substituents is 1. The number of aromatic nitrogens is 2. The van der Waals surface area contributed by atoms with Crippen LogP contribution in [0, 0.1) is 13.8 Å². The number of aryl methyl sites for hydroxylation is 2. The molecule has 1 aliphatic heterocycles. The number of benzene rings is 2. The molecule has 4 aromatic rings. The number of hydrogen-bond donors (Lipinski definition) is 2. The number of carbonyl (C=O) groups excluding carboxylic acids is 1. The number of methoxy groups -OCH3 is 1. The largest absolute Gasteiger partial charge is 0.507 e. The Hall–Kier alpha value is -4.20. The molecule has 0 saturated carbocycles. The number of H-pyrrole nitrogens is 1. The van der Waals surface area contributed by atoms with Gasteiger partial charge in [0.15, 0.2) is 11.5 Å². The molecule has 2 N–H and O–H groups in total. The van der Waals surface area contributed by atoms with Crippen molar-refractivity contribution in [2.24, 2.45) is 0 Å². The molecule has 2 aromatic heterocycles. The number of furan rings is 1. The van der Waals surface area contributed by atoms with Crippen LogP contribution in [0.2, 0.25) is 0 Å². The number of carbonyl (C=O) groups is 1. The molecule has 1 aliphatic rings. The molecule has 0 spiro atoms. The van der Waals surface area contributed by atoms with Crippen molar-refractivity contribution >= 4 is 5.91 Å². The highest BCUT2D eigenvalue weighted by Gasteiger charge is 2.43. The van der Waals surface area contributed by atoms with E-state index in [2.05, 4.69) is 17.1 Å². The third-order valence-corrected chi connectivity index (χ3v) is 6.72. The van der Waals surface area contributed by atoms with E-state index in [1.807, 2.05) is 44.2 Å². The minimum Gasteiger partial charge on any atom is -0.507 e. The van der Waals surface area contributed by atoms with Crippen LogP contribution in [0.3, 0.4) is 0 Å². The van der Waals surface area contributed by atoms with Crippen LogP contribution in [0.1, 0.15) is 64.3 Å². The molecule has 192 valence electrons. The number of ether oxygens (including phenoxy) is 2. The Balaban J connectivity index is 1.64. The summed E-state index contributed by atoms with van der Waals surface area (Å²) in [5.74, 6) is 1.84. The fraction of sp³-hybridized carbons (Fsp3) is 0.310. The van der Waals surface area contributed by atoms with E-state index in [-0.39, 0.29) is 18.2 Å². The van der Waals surface area contributed by atoms with Crippen LogP contribution in [0.5, 0.6) is 17.2 Å². The molecule has 1 amide bonds. The van der Waals surface area contributed by atoms with E-state index < -0.39 is 6.04 Å². The van der Waals surface area contributed by atoms with Crippen molar-refractivity contribution in [1.29, 1.82) is 0 Å². The third-order valence-electron chi connectivity index (χ3n) is 6.72. The second-order valence-corrected chi connectivity index (χ2v) is 9.36. The first-order valence-corrected chi connectivity index (χ1v) is 12.5. The van der Waals surface area contributed by atoms with Gasteiger partial charge in [-0.3, -0.25) is 9.89 Å². The molecule has 0 bridgehead atoms. The highest BCUT2D eigenvalue weighted by molar-refractivity contribution is 6.00. The number of fused-ring (bicyclic) bond motifs is 1. The molecule has 0 aliphatic carbocycles. The number of aromatic hydroxyl groups is 1. The minimum absolute atomic E-state index is 0.125. The molecular weight excluding hydrogens is 470 g/mol. The summed E-state index contributed by atoms with van der Waals surface area (Å²) in [6, 6.07) is 12.6. The minimum atomic E-state index is -0.486. The average molecular weight is 502 g/mol. The molecule has 37 heavy (non-hydrogen) atoms. The highest BCUT2D eigenvalue weighted by atomic mass is 16.5. The molecule has 1 atom stereocenters. The van der Waals surface area contributed by atoms with Gasteiger partial charge in [-0.05, 0) is 67.3 Å². The Morgan fingerprint density at radius 3 is 2.70 bits per heavy atom. The Bertz CT molecular complexity index is 1400. The van der Waals surface area contributed by atoms with Gasteiger partial charge in [0, 0.05) is 11.1 Å². The summed E-state index contributed by atoms with van der Waals surface area (Å²) in [5, 5.41) is 18.4. The summed E-state index contributed by atoms with van der Waals surface area (Å²) in [6.45, 7) is 6.84. The van der Waals surface area contributed by atoms with Crippen molar-refractivity contribution in [2.45, 2.75) is 46.2 Å². The number of aromatic amines is 1. The lowest BCUT2D eigenvalue weighted by atomic mass is 9.93. The lowest BCUT2D eigenvalue weighted by Crippen LogP contribution is -2.29. The van der Waals surface area contributed by atoms with Crippen molar-refractivity contribution in [3.05, 3.63) is 82.4 Å². The predicted octanol–water partition coefficient (Wildman–Crippen LogP) is 5.93. The number of nitrogens with zero attached hydrogens (tertiary/aromatic N) is 2. The molecular formula is C29H31N3O5. The maximum absolute atomic E-state index is 13.7. The molecule has 8 nitrogen and oxygen atoms in total. The molecule has 1 unspecified atom stereocenters. The fourth-order valence-electron chi connectivity index (χ4n) is 5.02. The van der Waals surface area contributed by atoms with Crippen molar-refractivity contribution in [1.82, 2.24) is 15.1 Å². The number of phenols is 1. The first kappa shape index (κ1) is 24.5. The van der Waals surface area contributed by atoms with Crippen LogP contribution in [0.4, 0.5) is 0 Å². The van der Waals surface area contributed by atoms with E-state index in [4.69, 9.17) is 13.9 Å². The summed E-state index contributed by atoms with van der Waals surface area (Å²) < 4.78 is 17.2. The van der Waals surface area contributed by atoms with Gasteiger partial charge < -0.3 is 23.9 Å². The molecule has 3 heterocycles. The van der Waals surface area contributed by atoms with Gasteiger partial charge in [-0.1, -0.05) is 25.5 Å².